The van der Waals surface area contributed by atoms with E-state index >= 15 is 0 Å². The number of nitrogens with one attached hydrogen (secondary N) is 2. The molecule has 0 atom stereocenters. The minimum atomic E-state index is -0.277. The van der Waals surface area contributed by atoms with E-state index in [9.17, 15) is 9.59 Å². The van der Waals surface area contributed by atoms with Crippen LogP contribution in [0.25, 0.3) is 0 Å². The predicted octanol–water partition coefficient (Wildman–Crippen LogP) is 5.05. The number of carbonyl (C=O) groups is 2. The van der Waals surface area contributed by atoms with Crippen molar-refractivity contribution in [2.24, 2.45) is 0 Å². The minimum Gasteiger partial charge on any atom is -0.459 e. The number of aryl methyl sites for hydroxylation is 1. The van der Waals surface area contributed by atoms with Gasteiger partial charge in [-0.1, -0.05) is 41.1 Å². The molecule has 36 heavy (non-hydrogen) atoms. The van der Waals surface area contributed by atoms with Crippen molar-refractivity contribution < 1.29 is 14.0 Å². The van der Waals surface area contributed by atoms with E-state index in [2.05, 4.69) is 20.5 Å². The van der Waals surface area contributed by atoms with E-state index in [-0.39, 0.29) is 11.8 Å². The number of anilines is 4. The first-order chi connectivity index (χ1) is 17.5. The molecule has 184 valence electrons. The number of furan rings is 1. The van der Waals surface area contributed by atoms with Crippen LogP contribution in [0.15, 0.2) is 65.4 Å². The van der Waals surface area contributed by atoms with Gasteiger partial charge in [-0.15, -0.1) is 0 Å². The Hall–Kier alpha value is -3.89. The van der Waals surface area contributed by atoms with Crippen molar-refractivity contribution in [3.8, 4) is 0 Å². The van der Waals surface area contributed by atoms with E-state index in [1.54, 1.807) is 23.1 Å². The van der Waals surface area contributed by atoms with Gasteiger partial charge < -0.3 is 24.9 Å². The summed E-state index contributed by atoms with van der Waals surface area (Å²) in [5, 5.41) is 7.07. The Balaban J connectivity index is 1.20. The topological polar surface area (TPSA) is 104 Å². The van der Waals surface area contributed by atoms with Crippen molar-refractivity contribution in [2.45, 2.75) is 6.92 Å². The number of piperazine rings is 1. The van der Waals surface area contributed by atoms with Crippen LogP contribution in [-0.4, -0.2) is 52.9 Å². The summed E-state index contributed by atoms with van der Waals surface area (Å²) in [6, 6.07) is 14.5. The van der Waals surface area contributed by atoms with Gasteiger partial charge in [-0.05, 0) is 42.8 Å². The maximum atomic E-state index is 12.7. The highest BCUT2D eigenvalue weighted by molar-refractivity contribution is 7.17. The summed E-state index contributed by atoms with van der Waals surface area (Å²) >= 11 is 7.45. The molecule has 1 aliphatic heterocycles. The maximum Gasteiger partial charge on any atom is 0.289 e. The summed E-state index contributed by atoms with van der Waals surface area (Å²) in [5.41, 5.74) is 1.47. The third kappa shape index (κ3) is 5.19. The van der Waals surface area contributed by atoms with E-state index in [4.69, 9.17) is 21.0 Å². The van der Waals surface area contributed by atoms with Gasteiger partial charge in [0.05, 0.1) is 23.2 Å². The van der Waals surface area contributed by atoms with E-state index < -0.39 is 0 Å². The van der Waals surface area contributed by atoms with E-state index in [1.807, 2.05) is 37.3 Å². The number of pyridine rings is 1. The zero-order valence-corrected chi connectivity index (χ0v) is 21.0. The second kappa shape index (κ2) is 10.4. The Morgan fingerprint density at radius 1 is 1.06 bits per heavy atom. The molecule has 2 amide bonds. The van der Waals surface area contributed by atoms with Gasteiger partial charge in [0.15, 0.2) is 10.9 Å². The molecule has 0 radical (unpaired) electrons. The van der Waals surface area contributed by atoms with Crippen LogP contribution < -0.4 is 15.5 Å². The fourth-order valence-electron chi connectivity index (χ4n) is 3.88. The zero-order chi connectivity index (χ0) is 25.1. The van der Waals surface area contributed by atoms with E-state index in [0.29, 0.717) is 58.5 Å². The number of hydrogen-bond acceptors (Lipinski definition) is 8. The van der Waals surface area contributed by atoms with Crippen molar-refractivity contribution >= 4 is 57.2 Å². The molecule has 0 saturated carbocycles. The highest BCUT2D eigenvalue weighted by Crippen LogP contribution is 2.28. The van der Waals surface area contributed by atoms with Gasteiger partial charge in [-0.2, -0.15) is 0 Å². The number of rotatable bonds is 6. The first-order valence-electron chi connectivity index (χ1n) is 11.3. The van der Waals surface area contributed by atoms with E-state index in [0.717, 1.165) is 11.4 Å². The summed E-state index contributed by atoms with van der Waals surface area (Å²) in [7, 11) is 0. The largest absolute Gasteiger partial charge is 0.459 e. The van der Waals surface area contributed by atoms with Gasteiger partial charge >= 0.3 is 0 Å². The lowest BCUT2D eigenvalue weighted by Crippen LogP contribution is -2.49. The molecule has 1 saturated heterocycles. The second-order valence-corrected chi connectivity index (χ2v) is 9.62. The van der Waals surface area contributed by atoms with Crippen LogP contribution in [0.5, 0.6) is 0 Å². The number of benzene rings is 1. The molecule has 1 fully saturated rings. The molecule has 1 aromatic carbocycles. The molecule has 5 rings (SSSR count). The van der Waals surface area contributed by atoms with Crippen LogP contribution in [0.2, 0.25) is 5.02 Å². The standard InChI is InChI=1S/C25H23ClN6O3S/c1-16-5-2-6-17(26)22(16)30-23(33)19-15-27-25(36-19)29-20-8-3-9-21(28-20)31-10-12-32(13-11-31)24(34)18-7-4-14-35-18/h2-9,14-15H,10-13H2,1H3,(H,30,33)(H,27,28,29). The first kappa shape index (κ1) is 23.8. The molecule has 0 aliphatic carbocycles. The van der Waals surface area contributed by atoms with Crippen molar-refractivity contribution in [1.82, 2.24) is 14.9 Å². The number of para-hydroxylation sites is 1. The van der Waals surface area contributed by atoms with Gasteiger partial charge in [-0.3, -0.25) is 9.59 Å². The molecule has 4 heterocycles. The van der Waals surface area contributed by atoms with Crippen molar-refractivity contribution in [3.63, 3.8) is 0 Å². The van der Waals surface area contributed by atoms with Gasteiger partial charge in [0, 0.05) is 26.2 Å². The van der Waals surface area contributed by atoms with Crippen LogP contribution in [0.4, 0.5) is 22.5 Å². The Bertz CT molecular complexity index is 1360. The summed E-state index contributed by atoms with van der Waals surface area (Å²) in [5.74, 6) is 1.39. The molecule has 11 heteroatoms. The smallest absolute Gasteiger partial charge is 0.289 e. The molecule has 1 aliphatic rings. The van der Waals surface area contributed by atoms with Gasteiger partial charge in [-0.25, -0.2) is 9.97 Å². The minimum absolute atomic E-state index is 0.101. The third-order valence-corrected chi connectivity index (χ3v) is 7.01. The van der Waals surface area contributed by atoms with E-state index in [1.165, 1.54) is 23.8 Å². The Kier molecular flexibility index (Phi) is 6.88. The molecule has 4 aromatic rings. The number of halogens is 1. The fraction of sp³-hybridized carbons (Fsp3) is 0.200. The highest BCUT2D eigenvalue weighted by atomic mass is 35.5. The van der Waals surface area contributed by atoms with Crippen LogP contribution in [0, 0.1) is 6.92 Å². The lowest BCUT2D eigenvalue weighted by molar-refractivity contribution is 0.0714. The maximum absolute atomic E-state index is 12.7. The Morgan fingerprint density at radius 2 is 1.86 bits per heavy atom. The van der Waals surface area contributed by atoms with Crippen molar-refractivity contribution in [2.75, 3.05) is 41.7 Å². The number of aromatic nitrogens is 2. The fourth-order valence-corrected chi connectivity index (χ4v) is 4.86. The summed E-state index contributed by atoms with van der Waals surface area (Å²) in [6.07, 6.45) is 3.02. The average molecular weight is 523 g/mol. The van der Waals surface area contributed by atoms with Gasteiger partial charge in [0.1, 0.15) is 16.5 Å². The van der Waals surface area contributed by atoms with Crippen molar-refractivity contribution in [3.05, 3.63) is 82.2 Å². The molecule has 2 N–H and O–H groups in total. The monoisotopic (exact) mass is 522 g/mol. The summed E-state index contributed by atoms with van der Waals surface area (Å²) < 4.78 is 5.23. The van der Waals surface area contributed by atoms with Gasteiger partial charge in [0.25, 0.3) is 11.8 Å². The molecule has 0 spiro atoms. The summed E-state index contributed by atoms with van der Waals surface area (Å²) in [6.45, 7) is 4.36. The van der Waals surface area contributed by atoms with Crippen LogP contribution >= 0.6 is 22.9 Å². The number of nitrogens with zero attached hydrogens (tertiary/aromatic N) is 4. The lowest BCUT2D eigenvalue weighted by Gasteiger charge is -2.35. The first-order valence-corrected chi connectivity index (χ1v) is 12.5. The molecule has 0 unspecified atom stereocenters. The highest BCUT2D eigenvalue weighted by Gasteiger charge is 2.24. The van der Waals surface area contributed by atoms with Crippen LogP contribution in [0.3, 0.4) is 0 Å². The number of carbonyl (C=O) groups excluding carboxylic acids is 2. The summed E-state index contributed by atoms with van der Waals surface area (Å²) in [4.78, 5) is 38.6. The van der Waals surface area contributed by atoms with Crippen molar-refractivity contribution in [1.29, 1.82) is 0 Å². The molecule has 0 bridgehead atoms. The SMILES string of the molecule is Cc1cccc(Cl)c1NC(=O)c1cnc(Nc2cccc(N3CCN(C(=O)c4ccco4)CC3)n2)s1. The Morgan fingerprint density at radius 3 is 2.61 bits per heavy atom. The Labute approximate surface area is 216 Å². The normalized spacial score (nSPS) is 13.5. The van der Waals surface area contributed by atoms with Gasteiger partial charge in [0.2, 0.25) is 0 Å². The number of thiazole rings is 1. The third-order valence-electron chi connectivity index (χ3n) is 5.78. The second-order valence-electron chi connectivity index (χ2n) is 8.18. The molecular weight excluding hydrogens is 500 g/mol. The molecule has 9 nitrogen and oxygen atoms in total. The average Bonchev–Trinajstić information content (AvgIpc) is 3.59. The zero-order valence-electron chi connectivity index (χ0n) is 19.4. The number of amides is 2. The number of hydrogen-bond donors (Lipinski definition) is 2. The molecule has 3 aromatic heterocycles. The lowest BCUT2D eigenvalue weighted by atomic mass is 10.2. The van der Waals surface area contributed by atoms with Crippen LogP contribution in [-0.2, 0) is 0 Å². The van der Waals surface area contributed by atoms with Crippen LogP contribution in [0.1, 0.15) is 25.8 Å². The quantitative estimate of drug-likeness (QED) is 0.365. The predicted molar refractivity (Wildman–Crippen MR) is 141 cm³/mol. The molecular formula is C25H23ClN6O3S.